The molecule has 0 aromatic carbocycles. The predicted octanol–water partition coefficient (Wildman–Crippen LogP) is 0.723. The van der Waals surface area contributed by atoms with E-state index in [0.717, 1.165) is 13.1 Å². The molecule has 2 heteroatoms. The van der Waals surface area contributed by atoms with E-state index in [0.29, 0.717) is 6.04 Å². The summed E-state index contributed by atoms with van der Waals surface area (Å²) in [5.74, 6) is 0. The number of rotatable bonds is 5. The van der Waals surface area contributed by atoms with Crippen LogP contribution in [0.1, 0.15) is 26.7 Å². The van der Waals surface area contributed by atoms with Gasteiger partial charge in [0.25, 0.3) is 0 Å². The molecule has 1 unspecified atom stereocenters. The van der Waals surface area contributed by atoms with Crippen molar-refractivity contribution in [3.63, 3.8) is 0 Å². The fraction of sp³-hybridized carbons (Fsp3) is 1.00. The van der Waals surface area contributed by atoms with Crippen molar-refractivity contribution in [2.24, 2.45) is 5.73 Å². The summed E-state index contributed by atoms with van der Waals surface area (Å²) in [6, 6.07) is 0.542. The largest absolute Gasteiger partial charge is 0.329 e. The summed E-state index contributed by atoms with van der Waals surface area (Å²) in [5.41, 5.74) is 5.48. The third kappa shape index (κ3) is 4.43. The molecule has 0 rings (SSSR count). The summed E-state index contributed by atoms with van der Waals surface area (Å²) >= 11 is 0. The van der Waals surface area contributed by atoms with Crippen molar-refractivity contribution >= 4 is 0 Å². The van der Waals surface area contributed by atoms with Gasteiger partial charge in [0.15, 0.2) is 0 Å². The van der Waals surface area contributed by atoms with E-state index in [2.05, 4.69) is 19.2 Å². The van der Waals surface area contributed by atoms with E-state index in [1.807, 2.05) is 0 Å². The summed E-state index contributed by atoms with van der Waals surface area (Å²) in [5, 5.41) is 3.31. The molecule has 0 aromatic rings. The molecule has 1 atom stereocenters. The quantitative estimate of drug-likeness (QED) is 0.575. The molecule has 0 bridgehead atoms. The summed E-state index contributed by atoms with van der Waals surface area (Å²) in [4.78, 5) is 0. The number of hydrogen-bond acceptors (Lipinski definition) is 2. The maximum absolute atomic E-state index is 5.48. The van der Waals surface area contributed by atoms with E-state index in [1.54, 1.807) is 0 Å². The Labute approximate surface area is 57.8 Å². The Morgan fingerprint density at radius 1 is 1.44 bits per heavy atom. The van der Waals surface area contributed by atoms with Crippen molar-refractivity contribution in [3.8, 4) is 0 Å². The molecule has 56 valence electrons. The second-order valence-electron chi connectivity index (χ2n) is 2.28. The first-order chi connectivity index (χ1) is 4.35. The van der Waals surface area contributed by atoms with Gasteiger partial charge < -0.3 is 11.1 Å². The van der Waals surface area contributed by atoms with Crippen molar-refractivity contribution in [1.82, 2.24) is 5.32 Å². The summed E-state index contributed by atoms with van der Waals surface area (Å²) < 4.78 is 0. The van der Waals surface area contributed by atoms with Crippen LogP contribution in [0.3, 0.4) is 0 Å². The van der Waals surface area contributed by atoms with Gasteiger partial charge in [0.1, 0.15) is 0 Å². The SMILES string of the molecule is CCCC(CN)NCC. The van der Waals surface area contributed by atoms with Crippen LogP contribution in [0.4, 0.5) is 0 Å². The highest BCUT2D eigenvalue weighted by Crippen LogP contribution is 1.92. The molecule has 0 spiro atoms. The van der Waals surface area contributed by atoms with Crippen LogP contribution in [0.15, 0.2) is 0 Å². The van der Waals surface area contributed by atoms with Crippen LogP contribution < -0.4 is 11.1 Å². The number of hydrogen-bond donors (Lipinski definition) is 2. The Morgan fingerprint density at radius 2 is 2.11 bits per heavy atom. The van der Waals surface area contributed by atoms with Crippen LogP contribution in [-0.2, 0) is 0 Å². The van der Waals surface area contributed by atoms with Gasteiger partial charge in [0, 0.05) is 12.6 Å². The van der Waals surface area contributed by atoms with E-state index < -0.39 is 0 Å². The molecule has 3 N–H and O–H groups in total. The molecule has 0 aromatic heterocycles. The molecule has 0 saturated carbocycles. The molecular formula is C7H18N2. The highest BCUT2D eigenvalue weighted by molar-refractivity contribution is 4.64. The highest BCUT2D eigenvalue weighted by Gasteiger charge is 2.00. The summed E-state index contributed by atoms with van der Waals surface area (Å²) in [7, 11) is 0. The lowest BCUT2D eigenvalue weighted by atomic mass is 10.2. The minimum atomic E-state index is 0.542. The molecule has 0 saturated heterocycles. The number of likely N-dealkylation sites (N-methyl/N-ethyl adjacent to an activating group) is 1. The monoisotopic (exact) mass is 130 g/mol. The molecular weight excluding hydrogens is 112 g/mol. The molecule has 0 radical (unpaired) electrons. The molecule has 0 aliphatic carbocycles. The molecule has 0 fully saturated rings. The minimum Gasteiger partial charge on any atom is -0.329 e. The van der Waals surface area contributed by atoms with Crippen molar-refractivity contribution in [2.75, 3.05) is 13.1 Å². The third-order valence-corrected chi connectivity index (χ3v) is 1.41. The van der Waals surface area contributed by atoms with Gasteiger partial charge in [-0.3, -0.25) is 0 Å². The fourth-order valence-corrected chi connectivity index (χ4v) is 0.940. The Balaban J connectivity index is 3.18. The van der Waals surface area contributed by atoms with Crippen molar-refractivity contribution in [3.05, 3.63) is 0 Å². The van der Waals surface area contributed by atoms with Crippen LogP contribution in [0.25, 0.3) is 0 Å². The van der Waals surface area contributed by atoms with Crippen LogP contribution in [0.2, 0.25) is 0 Å². The van der Waals surface area contributed by atoms with Gasteiger partial charge in [-0.1, -0.05) is 20.3 Å². The zero-order valence-electron chi connectivity index (χ0n) is 6.48. The van der Waals surface area contributed by atoms with Crippen LogP contribution >= 0.6 is 0 Å². The normalized spacial score (nSPS) is 13.7. The Morgan fingerprint density at radius 3 is 2.44 bits per heavy atom. The number of nitrogens with one attached hydrogen (secondary N) is 1. The van der Waals surface area contributed by atoms with Gasteiger partial charge in [-0.2, -0.15) is 0 Å². The summed E-state index contributed by atoms with van der Waals surface area (Å²) in [6.45, 7) is 6.09. The molecule has 0 heterocycles. The van der Waals surface area contributed by atoms with Crippen molar-refractivity contribution in [1.29, 1.82) is 0 Å². The standard InChI is InChI=1S/C7H18N2/c1-3-5-7(6-8)9-4-2/h7,9H,3-6,8H2,1-2H3. The zero-order chi connectivity index (χ0) is 7.11. The van der Waals surface area contributed by atoms with Gasteiger partial charge in [-0.25, -0.2) is 0 Å². The lowest BCUT2D eigenvalue weighted by molar-refractivity contribution is 0.496. The van der Waals surface area contributed by atoms with Crippen molar-refractivity contribution < 1.29 is 0 Å². The van der Waals surface area contributed by atoms with E-state index >= 15 is 0 Å². The first-order valence-corrected chi connectivity index (χ1v) is 3.78. The molecule has 2 nitrogen and oxygen atoms in total. The Hall–Kier alpha value is -0.0800. The van der Waals surface area contributed by atoms with Gasteiger partial charge in [0.05, 0.1) is 0 Å². The Bertz CT molecular complexity index is 48.9. The average molecular weight is 130 g/mol. The maximum Gasteiger partial charge on any atom is 0.0190 e. The number of nitrogens with two attached hydrogens (primary N) is 1. The van der Waals surface area contributed by atoms with E-state index in [4.69, 9.17) is 5.73 Å². The second-order valence-corrected chi connectivity index (χ2v) is 2.28. The molecule has 0 aliphatic heterocycles. The molecule has 9 heavy (non-hydrogen) atoms. The average Bonchev–Trinajstić information content (AvgIpc) is 1.88. The van der Waals surface area contributed by atoms with Gasteiger partial charge in [-0.15, -0.1) is 0 Å². The smallest absolute Gasteiger partial charge is 0.0190 e. The minimum absolute atomic E-state index is 0.542. The van der Waals surface area contributed by atoms with Gasteiger partial charge >= 0.3 is 0 Å². The van der Waals surface area contributed by atoms with Gasteiger partial charge in [0.2, 0.25) is 0 Å². The highest BCUT2D eigenvalue weighted by atomic mass is 14.9. The van der Waals surface area contributed by atoms with Crippen molar-refractivity contribution in [2.45, 2.75) is 32.7 Å². The molecule has 0 aliphatic rings. The predicted molar refractivity (Wildman–Crippen MR) is 41.4 cm³/mol. The Kier molecular flexibility index (Phi) is 5.99. The zero-order valence-corrected chi connectivity index (χ0v) is 6.48. The van der Waals surface area contributed by atoms with Crippen LogP contribution in [0.5, 0.6) is 0 Å². The first kappa shape index (κ1) is 8.92. The summed E-state index contributed by atoms with van der Waals surface area (Å²) in [6.07, 6.45) is 2.42. The molecule has 0 amide bonds. The fourth-order valence-electron chi connectivity index (χ4n) is 0.940. The van der Waals surface area contributed by atoms with E-state index in [1.165, 1.54) is 12.8 Å². The van der Waals surface area contributed by atoms with Crippen LogP contribution in [0, 0.1) is 0 Å². The topological polar surface area (TPSA) is 38.0 Å². The third-order valence-electron chi connectivity index (χ3n) is 1.41. The lowest BCUT2D eigenvalue weighted by Gasteiger charge is -2.13. The second kappa shape index (κ2) is 6.05. The van der Waals surface area contributed by atoms with Gasteiger partial charge in [-0.05, 0) is 13.0 Å². The maximum atomic E-state index is 5.48. The van der Waals surface area contributed by atoms with E-state index in [9.17, 15) is 0 Å². The van der Waals surface area contributed by atoms with E-state index in [-0.39, 0.29) is 0 Å². The first-order valence-electron chi connectivity index (χ1n) is 3.78. The van der Waals surface area contributed by atoms with Crippen LogP contribution in [-0.4, -0.2) is 19.1 Å². The lowest BCUT2D eigenvalue weighted by Crippen LogP contribution is -2.35.